The van der Waals surface area contributed by atoms with Crippen molar-refractivity contribution < 1.29 is 0 Å². The average Bonchev–Trinajstić information content (AvgIpc) is 3.21. The third-order valence-corrected chi connectivity index (χ3v) is 5.61. The van der Waals surface area contributed by atoms with Gasteiger partial charge in [-0.05, 0) is 25.5 Å². The average molecular weight is 373 g/mol. The van der Waals surface area contributed by atoms with E-state index in [4.69, 9.17) is 5.73 Å². The summed E-state index contributed by atoms with van der Waals surface area (Å²) in [5, 5.41) is 3.11. The fraction of sp³-hybridized carbons (Fsp3) is 0.474. The molecule has 1 aliphatic heterocycles. The topological polar surface area (TPSA) is 61.0 Å². The molecule has 0 spiro atoms. The van der Waals surface area contributed by atoms with Crippen LogP contribution in [0.15, 0.2) is 40.8 Å². The standard InChI is InChI=1S/C19H28N6S/c1-3-23(17-7-5-4-6-16(17)2)10-8-21-18(20)24-11-13-25(14-12-24)19-22-9-15-26-19/h4-7,9,15H,3,8,10-14H2,1-2H3,(H2,20,21). The molecule has 26 heavy (non-hydrogen) atoms. The SMILES string of the molecule is CCN(CCN=C(N)N1CCN(c2nccs2)CC1)c1ccccc1C. The van der Waals surface area contributed by atoms with E-state index >= 15 is 0 Å². The number of piperazine rings is 1. The van der Waals surface area contributed by atoms with Gasteiger partial charge in [-0.2, -0.15) is 0 Å². The zero-order valence-electron chi connectivity index (χ0n) is 15.6. The molecule has 1 fully saturated rings. The molecule has 0 bridgehead atoms. The lowest BCUT2D eigenvalue weighted by Crippen LogP contribution is -2.51. The number of guanidine groups is 1. The van der Waals surface area contributed by atoms with Crippen LogP contribution in [-0.4, -0.2) is 61.7 Å². The first kappa shape index (κ1) is 18.5. The smallest absolute Gasteiger partial charge is 0.191 e. The van der Waals surface area contributed by atoms with Gasteiger partial charge in [0.05, 0.1) is 6.54 Å². The number of rotatable bonds is 6. The van der Waals surface area contributed by atoms with Crippen LogP contribution in [0.25, 0.3) is 0 Å². The van der Waals surface area contributed by atoms with Gasteiger partial charge in [0.15, 0.2) is 11.1 Å². The van der Waals surface area contributed by atoms with E-state index < -0.39 is 0 Å². The Hall–Kier alpha value is -2.28. The molecule has 6 nitrogen and oxygen atoms in total. The predicted molar refractivity (Wildman–Crippen MR) is 111 cm³/mol. The Labute approximate surface area is 160 Å². The molecule has 0 radical (unpaired) electrons. The molecule has 0 unspecified atom stereocenters. The van der Waals surface area contributed by atoms with Crippen molar-refractivity contribution in [3.63, 3.8) is 0 Å². The lowest BCUT2D eigenvalue weighted by molar-refractivity contribution is 0.380. The van der Waals surface area contributed by atoms with Gasteiger partial charge in [0.2, 0.25) is 0 Å². The fourth-order valence-electron chi connectivity index (χ4n) is 3.25. The zero-order valence-corrected chi connectivity index (χ0v) is 16.5. The Morgan fingerprint density at radius 1 is 1.27 bits per heavy atom. The minimum absolute atomic E-state index is 0.657. The van der Waals surface area contributed by atoms with E-state index in [1.165, 1.54) is 11.3 Å². The predicted octanol–water partition coefficient (Wildman–Crippen LogP) is 2.41. The van der Waals surface area contributed by atoms with Crippen LogP contribution in [0.5, 0.6) is 0 Å². The van der Waals surface area contributed by atoms with Gasteiger partial charge in [0.25, 0.3) is 0 Å². The number of benzene rings is 1. The first-order chi connectivity index (χ1) is 12.7. The summed E-state index contributed by atoms with van der Waals surface area (Å²) in [5.74, 6) is 0.657. The van der Waals surface area contributed by atoms with Crippen LogP contribution in [0.3, 0.4) is 0 Å². The highest BCUT2D eigenvalue weighted by Crippen LogP contribution is 2.19. The molecule has 1 aromatic carbocycles. The van der Waals surface area contributed by atoms with Gasteiger partial charge in [-0.25, -0.2) is 4.98 Å². The number of nitrogens with two attached hydrogens (primary N) is 1. The molecule has 1 saturated heterocycles. The maximum Gasteiger partial charge on any atom is 0.191 e. The number of likely N-dealkylation sites (N-methyl/N-ethyl adjacent to an activating group) is 1. The van der Waals surface area contributed by atoms with Crippen LogP contribution in [-0.2, 0) is 0 Å². The second-order valence-corrected chi connectivity index (χ2v) is 7.27. The molecule has 0 amide bonds. The van der Waals surface area contributed by atoms with Crippen LogP contribution >= 0.6 is 11.3 Å². The number of hydrogen-bond donors (Lipinski definition) is 1. The molecule has 0 aliphatic carbocycles. The third-order valence-electron chi connectivity index (χ3n) is 4.78. The lowest BCUT2D eigenvalue weighted by atomic mass is 10.2. The first-order valence-electron chi connectivity index (χ1n) is 9.19. The Bertz CT molecular complexity index is 707. The summed E-state index contributed by atoms with van der Waals surface area (Å²) in [6, 6.07) is 8.49. The summed E-state index contributed by atoms with van der Waals surface area (Å²) in [4.78, 5) is 15.8. The molecule has 2 N–H and O–H groups in total. The van der Waals surface area contributed by atoms with Gasteiger partial charge in [-0.15, -0.1) is 11.3 Å². The molecular weight excluding hydrogens is 344 g/mol. The monoisotopic (exact) mass is 372 g/mol. The van der Waals surface area contributed by atoms with Crippen LogP contribution in [0.4, 0.5) is 10.8 Å². The van der Waals surface area contributed by atoms with E-state index in [0.717, 1.165) is 44.4 Å². The van der Waals surface area contributed by atoms with Gasteiger partial charge in [-0.3, -0.25) is 4.99 Å². The molecule has 2 heterocycles. The molecule has 0 atom stereocenters. The second-order valence-electron chi connectivity index (χ2n) is 6.39. The maximum atomic E-state index is 6.23. The van der Waals surface area contributed by atoms with Gasteiger partial charge < -0.3 is 20.4 Å². The Morgan fingerprint density at radius 3 is 2.69 bits per heavy atom. The molecule has 140 valence electrons. The first-order valence-corrected chi connectivity index (χ1v) is 10.1. The lowest BCUT2D eigenvalue weighted by Gasteiger charge is -2.35. The highest BCUT2D eigenvalue weighted by molar-refractivity contribution is 7.13. The van der Waals surface area contributed by atoms with Crippen molar-refractivity contribution in [1.82, 2.24) is 9.88 Å². The van der Waals surface area contributed by atoms with Crippen LogP contribution in [0, 0.1) is 6.92 Å². The second kappa shape index (κ2) is 8.89. The van der Waals surface area contributed by atoms with E-state index in [9.17, 15) is 0 Å². The fourth-order valence-corrected chi connectivity index (χ4v) is 3.95. The maximum absolute atomic E-state index is 6.23. The van der Waals surface area contributed by atoms with E-state index in [-0.39, 0.29) is 0 Å². The summed E-state index contributed by atoms with van der Waals surface area (Å²) in [7, 11) is 0. The highest BCUT2D eigenvalue weighted by atomic mass is 32.1. The van der Waals surface area contributed by atoms with Gasteiger partial charge in [0, 0.05) is 56.5 Å². The molecular formula is C19H28N6S. The molecule has 1 aromatic heterocycles. The number of aryl methyl sites for hydroxylation is 1. The number of aromatic nitrogens is 1. The van der Waals surface area contributed by atoms with Crippen molar-refractivity contribution in [3.8, 4) is 0 Å². The van der Waals surface area contributed by atoms with Crippen LogP contribution < -0.4 is 15.5 Å². The van der Waals surface area contributed by atoms with Crippen LogP contribution in [0.1, 0.15) is 12.5 Å². The summed E-state index contributed by atoms with van der Waals surface area (Å²) < 4.78 is 0. The number of anilines is 2. The van der Waals surface area contributed by atoms with Crippen molar-refractivity contribution in [3.05, 3.63) is 41.4 Å². The number of para-hydroxylation sites is 1. The van der Waals surface area contributed by atoms with E-state index in [2.05, 4.69) is 62.8 Å². The van der Waals surface area contributed by atoms with Gasteiger partial charge in [-0.1, -0.05) is 18.2 Å². The molecule has 7 heteroatoms. The summed E-state index contributed by atoms with van der Waals surface area (Å²) in [6.07, 6.45) is 1.86. The van der Waals surface area contributed by atoms with Gasteiger partial charge >= 0.3 is 0 Å². The minimum Gasteiger partial charge on any atom is -0.370 e. The Balaban J connectivity index is 1.50. The van der Waals surface area contributed by atoms with Gasteiger partial charge in [0.1, 0.15) is 0 Å². The number of aliphatic imine (C=N–C) groups is 1. The summed E-state index contributed by atoms with van der Waals surface area (Å²) >= 11 is 1.69. The van der Waals surface area contributed by atoms with Crippen molar-refractivity contribution in [1.29, 1.82) is 0 Å². The van der Waals surface area contributed by atoms with Crippen LogP contribution in [0.2, 0.25) is 0 Å². The molecule has 0 saturated carbocycles. The quantitative estimate of drug-likeness (QED) is 0.623. The van der Waals surface area contributed by atoms with Crippen molar-refractivity contribution in [2.24, 2.45) is 10.7 Å². The molecule has 3 rings (SSSR count). The van der Waals surface area contributed by atoms with E-state index in [1.54, 1.807) is 11.3 Å². The van der Waals surface area contributed by atoms with E-state index in [0.29, 0.717) is 12.5 Å². The molecule has 2 aromatic rings. The highest BCUT2D eigenvalue weighted by Gasteiger charge is 2.19. The van der Waals surface area contributed by atoms with Crippen molar-refractivity contribution in [2.45, 2.75) is 13.8 Å². The normalized spacial score (nSPS) is 15.4. The summed E-state index contributed by atoms with van der Waals surface area (Å²) in [6.45, 7) is 10.5. The Morgan fingerprint density at radius 2 is 2.04 bits per heavy atom. The van der Waals surface area contributed by atoms with E-state index in [1.807, 2.05) is 11.6 Å². The number of hydrogen-bond acceptors (Lipinski definition) is 5. The minimum atomic E-state index is 0.657. The number of thiazole rings is 1. The largest absolute Gasteiger partial charge is 0.370 e. The summed E-state index contributed by atoms with van der Waals surface area (Å²) in [5.41, 5.74) is 8.81. The molecule has 1 aliphatic rings. The Kier molecular flexibility index (Phi) is 6.33. The number of nitrogens with zero attached hydrogens (tertiary/aromatic N) is 5. The van der Waals surface area contributed by atoms with Crippen molar-refractivity contribution in [2.75, 3.05) is 55.6 Å². The zero-order chi connectivity index (χ0) is 18.4. The third kappa shape index (κ3) is 4.46. The van der Waals surface area contributed by atoms with Crippen molar-refractivity contribution >= 4 is 28.1 Å².